The van der Waals surface area contributed by atoms with Crippen LogP contribution < -0.4 is 5.32 Å². The fourth-order valence-corrected chi connectivity index (χ4v) is 4.94. The molecule has 2 aliphatic heterocycles. The maximum atomic E-state index is 12.4. The molecule has 2 heterocycles. The van der Waals surface area contributed by atoms with Gasteiger partial charge in [-0.1, -0.05) is 6.92 Å². The first-order chi connectivity index (χ1) is 9.52. The van der Waals surface area contributed by atoms with Gasteiger partial charge < -0.3 is 10.2 Å². The SMILES string of the molecule is CCCN(C(=O)CCC1CCNC1)C1CCS(=O)(=O)C1.Cl. The van der Waals surface area contributed by atoms with Crippen LogP contribution in [0.25, 0.3) is 0 Å². The number of carbonyl (C=O) groups excluding carboxylic acids is 1. The molecule has 0 aliphatic carbocycles. The van der Waals surface area contributed by atoms with E-state index in [0.29, 0.717) is 25.3 Å². The highest BCUT2D eigenvalue weighted by Gasteiger charge is 2.34. The number of sulfone groups is 1. The predicted molar refractivity (Wildman–Crippen MR) is 86.5 cm³/mol. The van der Waals surface area contributed by atoms with Crippen LogP contribution in [0.15, 0.2) is 0 Å². The molecule has 2 unspecified atom stereocenters. The van der Waals surface area contributed by atoms with E-state index in [2.05, 4.69) is 5.32 Å². The second-order valence-electron chi connectivity index (χ2n) is 6.04. The molecule has 0 spiro atoms. The van der Waals surface area contributed by atoms with Gasteiger partial charge in [-0.3, -0.25) is 4.79 Å². The Bertz CT molecular complexity index is 436. The Labute approximate surface area is 134 Å². The van der Waals surface area contributed by atoms with E-state index in [1.165, 1.54) is 0 Å². The highest BCUT2D eigenvalue weighted by Crippen LogP contribution is 2.21. The third-order valence-electron chi connectivity index (χ3n) is 4.36. The second kappa shape index (κ2) is 8.34. The van der Waals surface area contributed by atoms with Gasteiger partial charge in [0.05, 0.1) is 11.5 Å². The van der Waals surface area contributed by atoms with E-state index >= 15 is 0 Å². The Morgan fingerprint density at radius 1 is 1.33 bits per heavy atom. The minimum atomic E-state index is -2.93. The van der Waals surface area contributed by atoms with Crippen LogP contribution in [-0.4, -0.2) is 56.4 Å². The molecule has 124 valence electrons. The van der Waals surface area contributed by atoms with Crippen molar-refractivity contribution in [2.24, 2.45) is 5.92 Å². The molecule has 2 fully saturated rings. The van der Waals surface area contributed by atoms with Crippen molar-refractivity contribution in [3.63, 3.8) is 0 Å². The second-order valence-corrected chi connectivity index (χ2v) is 8.27. The van der Waals surface area contributed by atoms with Crippen LogP contribution in [0.3, 0.4) is 0 Å². The molecule has 2 saturated heterocycles. The maximum absolute atomic E-state index is 12.4. The molecule has 5 nitrogen and oxygen atoms in total. The first-order valence-corrected chi connectivity index (χ1v) is 9.54. The van der Waals surface area contributed by atoms with Gasteiger partial charge in [0.25, 0.3) is 0 Å². The van der Waals surface area contributed by atoms with Crippen LogP contribution in [0.2, 0.25) is 0 Å². The molecule has 0 radical (unpaired) electrons. The molecule has 21 heavy (non-hydrogen) atoms. The minimum absolute atomic E-state index is 0. The van der Waals surface area contributed by atoms with Crippen LogP contribution in [0, 0.1) is 5.92 Å². The number of nitrogens with zero attached hydrogens (tertiary/aromatic N) is 1. The molecule has 1 N–H and O–H groups in total. The van der Waals surface area contributed by atoms with Gasteiger partial charge in [-0.25, -0.2) is 8.42 Å². The molecule has 1 amide bonds. The largest absolute Gasteiger partial charge is 0.339 e. The lowest BCUT2D eigenvalue weighted by Crippen LogP contribution is -2.41. The third kappa shape index (κ3) is 5.42. The van der Waals surface area contributed by atoms with Crippen LogP contribution in [0.5, 0.6) is 0 Å². The predicted octanol–water partition coefficient (Wildman–Crippen LogP) is 1.22. The van der Waals surface area contributed by atoms with Gasteiger partial charge in [0, 0.05) is 19.0 Å². The normalized spacial score (nSPS) is 27.3. The van der Waals surface area contributed by atoms with E-state index in [1.54, 1.807) is 0 Å². The lowest BCUT2D eigenvalue weighted by molar-refractivity contribution is -0.133. The first kappa shape index (κ1) is 18.7. The fraction of sp³-hybridized carbons (Fsp3) is 0.929. The van der Waals surface area contributed by atoms with Gasteiger partial charge in [0.2, 0.25) is 5.91 Å². The number of carbonyl (C=O) groups is 1. The fourth-order valence-electron chi connectivity index (χ4n) is 3.21. The van der Waals surface area contributed by atoms with E-state index in [9.17, 15) is 13.2 Å². The summed E-state index contributed by atoms with van der Waals surface area (Å²) in [5.41, 5.74) is 0. The zero-order chi connectivity index (χ0) is 14.6. The van der Waals surface area contributed by atoms with E-state index in [0.717, 1.165) is 32.4 Å². The topological polar surface area (TPSA) is 66.5 Å². The molecule has 0 aromatic heterocycles. The van der Waals surface area contributed by atoms with Crippen molar-refractivity contribution < 1.29 is 13.2 Å². The van der Waals surface area contributed by atoms with E-state index in [-0.39, 0.29) is 35.9 Å². The Balaban J connectivity index is 0.00000220. The zero-order valence-corrected chi connectivity index (χ0v) is 14.3. The lowest BCUT2D eigenvalue weighted by atomic mass is 10.0. The summed E-state index contributed by atoms with van der Waals surface area (Å²) in [5, 5.41) is 3.31. The number of hydrogen-bond acceptors (Lipinski definition) is 4. The molecule has 0 aromatic rings. The van der Waals surface area contributed by atoms with Crippen molar-refractivity contribution in [2.75, 3.05) is 31.1 Å². The summed E-state index contributed by atoms with van der Waals surface area (Å²) in [4.78, 5) is 14.2. The Hall–Kier alpha value is -0.330. The molecule has 2 atom stereocenters. The Kier molecular flexibility index (Phi) is 7.44. The molecule has 2 rings (SSSR count). The van der Waals surface area contributed by atoms with Crippen LogP contribution in [0.4, 0.5) is 0 Å². The number of hydrogen-bond donors (Lipinski definition) is 1. The van der Waals surface area contributed by atoms with Crippen molar-refractivity contribution in [1.82, 2.24) is 10.2 Å². The van der Waals surface area contributed by atoms with E-state index < -0.39 is 9.84 Å². The third-order valence-corrected chi connectivity index (χ3v) is 6.11. The van der Waals surface area contributed by atoms with Gasteiger partial charge in [-0.2, -0.15) is 0 Å². The van der Waals surface area contributed by atoms with Crippen molar-refractivity contribution in [3.8, 4) is 0 Å². The minimum Gasteiger partial charge on any atom is -0.339 e. The quantitative estimate of drug-likeness (QED) is 0.791. The summed E-state index contributed by atoms with van der Waals surface area (Å²) < 4.78 is 23.2. The average Bonchev–Trinajstić information content (AvgIpc) is 3.02. The van der Waals surface area contributed by atoms with Gasteiger partial charge in [-0.15, -0.1) is 12.4 Å². The molecule has 0 saturated carbocycles. The summed E-state index contributed by atoms with van der Waals surface area (Å²) in [6.45, 7) is 4.78. The molecule has 2 aliphatic rings. The molecule has 7 heteroatoms. The summed E-state index contributed by atoms with van der Waals surface area (Å²) >= 11 is 0. The smallest absolute Gasteiger partial charge is 0.222 e. The van der Waals surface area contributed by atoms with Crippen molar-refractivity contribution in [2.45, 2.75) is 45.1 Å². The van der Waals surface area contributed by atoms with Crippen molar-refractivity contribution in [3.05, 3.63) is 0 Å². The van der Waals surface area contributed by atoms with Gasteiger partial charge >= 0.3 is 0 Å². The van der Waals surface area contributed by atoms with Crippen LogP contribution >= 0.6 is 12.4 Å². The molecule has 0 bridgehead atoms. The maximum Gasteiger partial charge on any atom is 0.222 e. The van der Waals surface area contributed by atoms with E-state index in [1.807, 2.05) is 11.8 Å². The van der Waals surface area contributed by atoms with Crippen molar-refractivity contribution >= 4 is 28.2 Å². The molecular formula is C14H27ClN2O3S. The molecular weight excluding hydrogens is 312 g/mol. The molecule has 0 aromatic carbocycles. The van der Waals surface area contributed by atoms with E-state index in [4.69, 9.17) is 0 Å². The number of halogens is 1. The zero-order valence-electron chi connectivity index (χ0n) is 12.7. The van der Waals surface area contributed by atoms with Crippen molar-refractivity contribution in [1.29, 1.82) is 0 Å². The lowest BCUT2D eigenvalue weighted by Gasteiger charge is -2.28. The average molecular weight is 339 g/mol. The number of rotatable bonds is 6. The number of nitrogens with one attached hydrogen (secondary N) is 1. The summed E-state index contributed by atoms with van der Waals surface area (Å²) in [6, 6.07) is -0.0887. The Morgan fingerprint density at radius 2 is 2.10 bits per heavy atom. The van der Waals surface area contributed by atoms with Crippen LogP contribution in [0.1, 0.15) is 39.0 Å². The summed E-state index contributed by atoms with van der Waals surface area (Å²) in [7, 11) is -2.93. The highest BCUT2D eigenvalue weighted by molar-refractivity contribution is 7.91. The summed E-state index contributed by atoms with van der Waals surface area (Å²) in [6.07, 6.45) is 4.12. The number of amides is 1. The standard InChI is InChI=1S/C14H26N2O3S.ClH/c1-2-8-16(13-6-9-20(18,19)11-13)14(17)4-3-12-5-7-15-10-12;/h12-13,15H,2-11H2,1H3;1H. The highest BCUT2D eigenvalue weighted by atomic mass is 35.5. The van der Waals surface area contributed by atoms with Gasteiger partial charge in [-0.05, 0) is 44.7 Å². The monoisotopic (exact) mass is 338 g/mol. The van der Waals surface area contributed by atoms with Crippen LogP contribution in [-0.2, 0) is 14.6 Å². The Morgan fingerprint density at radius 3 is 2.62 bits per heavy atom. The first-order valence-electron chi connectivity index (χ1n) is 7.72. The van der Waals surface area contributed by atoms with Gasteiger partial charge in [0.1, 0.15) is 0 Å². The summed E-state index contributed by atoms with van der Waals surface area (Å²) in [5.74, 6) is 1.14. The van der Waals surface area contributed by atoms with Gasteiger partial charge in [0.15, 0.2) is 9.84 Å².